The average molecular weight is 320 g/mol. The van der Waals surface area contributed by atoms with E-state index in [0.717, 1.165) is 0 Å². The van der Waals surface area contributed by atoms with Crippen LogP contribution in [0, 0.1) is 6.92 Å². The molecule has 23 heavy (non-hydrogen) atoms. The molecule has 1 aromatic carbocycles. The van der Waals surface area contributed by atoms with Crippen molar-refractivity contribution in [2.45, 2.75) is 45.8 Å². The van der Waals surface area contributed by atoms with Gasteiger partial charge in [-0.3, -0.25) is 0 Å². The zero-order valence-corrected chi connectivity index (χ0v) is 14.2. The van der Waals surface area contributed by atoms with Crippen LogP contribution in [-0.2, 0) is 14.0 Å². The minimum absolute atomic E-state index is 0.0256. The highest BCUT2D eigenvalue weighted by Gasteiger charge is 2.52. The SMILES string of the molecule is COC(=O)c1cc(B2OC(C)(C)C(C)(C)O2)cc(C(=O)O)c1C. The van der Waals surface area contributed by atoms with Crippen LogP contribution in [0.2, 0.25) is 0 Å². The van der Waals surface area contributed by atoms with Gasteiger partial charge in [0, 0.05) is 0 Å². The molecule has 0 aliphatic carbocycles. The molecule has 1 aromatic rings. The van der Waals surface area contributed by atoms with Gasteiger partial charge in [-0.05, 0) is 57.8 Å². The van der Waals surface area contributed by atoms with Crippen LogP contribution in [0.5, 0.6) is 0 Å². The lowest BCUT2D eigenvalue weighted by molar-refractivity contribution is 0.00578. The molecule has 124 valence electrons. The Bertz CT molecular complexity index is 649. The van der Waals surface area contributed by atoms with Gasteiger partial charge in [-0.15, -0.1) is 0 Å². The fourth-order valence-electron chi connectivity index (χ4n) is 2.40. The highest BCUT2D eigenvalue weighted by atomic mass is 16.7. The summed E-state index contributed by atoms with van der Waals surface area (Å²) in [6.45, 7) is 9.19. The largest absolute Gasteiger partial charge is 0.494 e. The van der Waals surface area contributed by atoms with Crippen LogP contribution in [-0.4, -0.2) is 42.5 Å². The van der Waals surface area contributed by atoms with Crippen LogP contribution in [0.1, 0.15) is 54.0 Å². The van der Waals surface area contributed by atoms with Crippen molar-refractivity contribution in [3.05, 3.63) is 28.8 Å². The molecule has 1 N–H and O–H groups in total. The van der Waals surface area contributed by atoms with Gasteiger partial charge >= 0.3 is 19.1 Å². The Morgan fingerprint density at radius 3 is 2.00 bits per heavy atom. The zero-order valence-electron chi connectivity index (χ0n) is 14.2. The van der Waals surface area contributed by atoms with Crippen molar-refractivity contribution in [2.24, 2.45) is 0 Å². The number of aromatic carboxylic acids is 1. The standard InChI is InChI=1S/C16H21BO6/c1-9-11(13(18)19)7-10(8-12(9)14(20)21-6)17-22-15(2,3)16(4,5)23-17/h7-8H,1-6H3,(H,18,19). The first kappa shape index (κ1) is 17.5. The molecule has 0 bridgehead atoms. The summed E-state index contributed by atoms with van der Waals surface area (Å²) in [7, 11) is 0.506. The first-order chi connectivity index (χ1) is 10.5. The van der Waals surface area contributed by atoms with E-state index in [-0.39, 0.29) is 11.1 Å². The third kappa shape index (κ3) is 2.98. The van der Waals surface area contributed by atoms with Gasteiger partial charge in [-0.1, -0.05) is 0 Å². The molecule has 1 fully saturated rings. The number of carboxylic acids is 1. The molecule has 0 spiro atoms. The number of ether oxygens (including phenoxy) is 1. The molecule has 0 atom stereocenters. The second-order valence-corrected chi connectivity index (χ2v) is 6.63. The van der Waals surface area contributed by atoms with Crippen molar-refractivity contribution >= 4 is 24.5 Å². The summed E-state index contributed by atoms with van der Waals surface area (Å²) in [4.78, 5) is 23.4. The Hall–Kier alpha value is -1.86. The summed E-state index contributed by atoms with van der Waals surface area (Å²) in [5.41, 5.74) is -0.0687. The molecule has 2 rings (SSSR count). The van der Waals surface area contributed by atoms with Crippen molar-refractivity contribution < 1.29 is 28.7 Å². The highest BCUT2D eigenvalue weighted by molar-refractivity contribution is 6.62. The summed E-state index contributed by atoms with van der Waals surface area (Å²) in [6, 6.07) is 3.04. The number of rotatable bonds is 3. The van der Waals surface area contributed by atoms with E-state index in [4.69, 9.17) is 14.0 Å². The summed E-state index contributed by atoms with van der Waals surface area (Å²) in [6.07, 6.45) is 0. The topological polar surface area (TPSA) is 82.1 Å². The molecule has 0 unspecified atom stereocenters. The zero-order chi connectivity index (χ0) is 17.6. The maximum absolute atomic E-state index is 11.9. The van der Waals surface area contributed by atoms with Crippen LogP contribution < -0.4 is 5.46 Å². The number of esters is 1. The lowest BCUT2D eigenvalue weighted by atomic mass is 9.76. The first-order valence-electron chi connectivity index (χ1n) is 7.32. The third-order valence-corrected chi connectivity index (χ3v) is 4.59. The Kier molecular flexibility index (Phi) is 4.30. The van der Waals surface area contributed by atoms with Crippen LogP contribution >= 0.6 is 0 Å². The minimum atomic E-state index is -1.12. The van der Waals surface area contributed by atoms with E-state index < -0.39 is 30.3 Å². The van der Waals surface area contributed by atoms with Gasteiger partial charge in [0.05, 0.1) is 29.4 Å². The van der Waals surface area contributed by atoms with Crippen molar-refractivity contribution in [1.82, 2.24) is 0 Å². The van der Waals surface area contributed by atoms with Gasteiger partial charge in [-0.2, -0.15) is 0 Å². The normalized spacial score (nSPS) is 18.8. The monoisotopic (exact) mass is 320 g/mol. The highest BCUT2D eigenvalue weighted by Crippen LogP contribution is 2.36. The van der Waals surface area contributed by atoms with Crippen LogP contribution in [0.15, 0.2) is 12.1 Å². The molecule has 6 nitrogen and oxygen atoms in total. The second kappa shape index (κ2) is 5.65. The molecule has 0 radical (unpaired) electrons. The Morgan fingerprint density at radius 1 is 1.09 bits per heavy atom. The van der Waals surface area contributed by atoms with E-state index in [1.807, 2.05) is 27.7 Å². The average Bonchev–Trinajstić information content (AvgIpc) is 2.66. The van der Waals surface area contributed by atoms with E-state index in [2.05, 4.69) is 0 Å². The van der Waals surface area contributed by atoms with Crippen molar-refractivity contribution in [1.29, 1.82) is 0 Å². The Labute approximate surface area is 135 Å². The predicted molar refractivity (Wildman–Crippen MR) is 85.2 cm³/mol. The fourth-order valence-corrected chi connectivity index (χ4v) is 2.40. The fraction of sp³-hybridized carbons (Fsp3) is 0.500. The Balaban J connectivity index is 2.54. The second-order valence-electron chi connectivity index (χ2n) is 6.63. The first-order valence-corrected chi connectivity index (χ1v) is 7.32. The number of methoxy groups -OCH3 is 1. The Morgan fingerprint density at radius 2 is 1.57 bits per heavy atom. The van der Waals surface area contributed by atoms with Gasteiger partial charge < -0.3 is 19.2 Å². The van der Waals surface area contributed by atoms with Gasteiger partial charge in [0.25, 0.3) is 0 Å². The van der Waals surface area contributed by atoms with E-state index in [9.17, 15) is 14.7 Å². The van der Waals surface area contributed by atoms with Gasteiger partial charge in [0.1, 0.15) is 0 Å². The maximum atomic E-state index is 11.9. The van der Waals surface area contributed by atoms with E-state index in [1.54, 1.807) is 13.0 Å². The van der Waals surface area contributed by atoms with Crippen LogP contribution in [0.25, 0.3) is 0 Å². The van der Waals surface area contributed by atoms with Crippen molar-refractivity contribution in [3.63, 3.8) is 0 Å². The number of carbonyl (C=O) groups excluding carboxylic acids is 1. The summed E-state index contributed by atoms with van der Waals surface area (Å²) in [5, 5.41) is 9.38. The predicted octanol–water partition coefficient (Wildman–Crippen LogP) is 1.78. The third-order valence-electron chi connectivity index (χ3n) is 4.59. The van der Waals surface area contributed by atoms with Gasteiger partial charge in [0.15, 0.2) is 0 Å². The van der Waals surface area contributed by atoms with Crippen LogP contribution in [0.4, 0.5) is 0 Å². The number of benzene rings is 1. The smallest absolute Gasteiger partial charge is 0.478 e. The quantitative estimate of drug-likeness (QED) is 0.675. The molecule has 0 aromatic heterocycles. The lowest BCUT2D eigenvalue weighted by Crippen LogP contribution is -2.41. The number of carbonyl (C=O) groups is 2. The van der Waals surface area contributed by atoms with E-state index >= 15 is 0 Å². The molecular weight excluding hydrogens is 299 g/mol. The molecule has 1 heterocycles. The number of hydrogen-bond acceptors (Lipinski definition) is 5. The lowest BCUT2D eigenvalue weighted by Gasteiger charge is -2.32. The van der Waals surface area contributed by atoms with Crippen molar-refractivity contribution in [2.75, 3.05) is 7.11 Å². The molecular formula is C16H21BO6. The molecule has 7 heteroatoms. The molecule has 1 saturated heterocycles. The maximum Gasteiger partial charge on any atom is 0.494 e. The van der Waals surface area contributed by atoms with Crippen molar-refractivity contribution in [3.8, 4) is 0 Å². The minimum Gasteiger partial charge on any atom is -0.478 e. The summed E-state index contributed by atoms with van der Waals surface area (Å²) < 4.78 is 16.6. The molecule has 1 aliphatic rings. The summed E-state index contributed by atoms with van der Waals surface area (Å²) in [5.74, 6) is -1.71. The number of hydrogen-bond donors (Lipinski definition) is 1. The van der Waals surface area contributed by atoms with E-state index in [1.165, 1.54) is 13.2 Å². The number of carboxylic acid groups (broad SMARTS) is 1. The molecule has 0 saturated carbocycles. The summed E-state index contributed by atoms with van der Waals surface area (Å²) >= 11 is 0. The molecule has 1 aliphatic heterocycles. The molecule has 0 amide bonds. The van der Waals surface area contributed by atoms with Crippen LogP contribution in [0.3, 0.4) is 0 Å². The van der Waals surface area contributed by atoms with E-state index in [0.29, 0.717) is 11.0 Å². The van der Waals surface area contributed by atoms with Gasteiger partial charge in [-0.25, -0.2) is 9.59 Å². The van der Waals surface area contributed by atoms with Gasteiger partial charge in [0.2, 0.25) is 0 Å².